The average molecular weight is 989 g/mol. The Balaban J connectivity index is 1.16. The van der Waals surface area contributed by atoms with Gasteiger partial charge in [-0.05, 0) is 158 Å². The number of hydrogen-bond donors (Lipinski definition) is 10. The summed E-state index contributed by atoms with van der Waals surface area (Å²) in [5.41, 5.74) is 6.14. The van der Waals surface area contributed by atoms with E-state index >= 15 is 4.79 Å². The van der Waals surface area contributed by atoms with E-state index in [0.29, 0.717) is 60.4 Å². The standard InChI is InChI=1S/C60H68N4O9/c1-2-23-61-34-40-13-14-49-46-32-50-44(19-25-62-50)48(33-60(72)21-16-36-6-5-9-51(66)43(36)17-22-60)55(46)58(71)45(20-26-65)52(67)15-10-35-27-47(57(70)54(28-35)73-42-7-3-4-8-42)56(69)38-12-11-37(31-53(40)68)41(29-38)30-39-18-24-63-59(39)64-49/h5-6,9,11-12,17-19,22,24-25,27-29,32,40,42,45,48-49,53,55-56,61-66,68-70,72H,2-4,7-8,10,15-16,20-21,23,26,30-31,33-34H2,1H3/t40-,45+,48+,49-,53-,55+,56-,60+/m0/s1. The van der Waals surface area contributed by atoms with Crippen LogP contribution < -0.4 is 15.4 Å². The predicted octanol–water partition coefficient (Wildman–Crippen LogP) is 7.73. The number of aliphatic hydroxyl groups excluding tert-OH is 3. The van der Waals surface area contributed by atoms with Crippen LogP contribution in [-0.4, -0.2) is 95.7 Å². The van der Waals surface area contributed by atoms with Gasteiger partial charge in [0.2, 0.25) is 0 Å². The Morgan fingerprint density at radius 3 is 2.55 bits per heavy atom. The van der Waals surface area contributed by atoms with E-state index in [4.69, 9.17) is 4.74 Å². The summed E-state index contributed by atoms with van der Waals surface area (Å²) in [4.78, 5) is 37.8. The van der Waals surface area contributed by atoms with Crippen LogP contribution in [0.25, 0.3) is 12.2 Å². The number of aromatic hydroxyl groups is 2. The molecule has 0 saturated heterocycles. The Labute approximate surface area is 426 Å². The number of fused-ring (bicyclic) bond motifs is 8. The SMILES string of the molecule is CCCNC[C@@H]1C#C[C@@H]2Nc3[nH]ccc3Cc3cc(ccc3C[C@@H]1O)[C@H](O)c1cc(cc(OC3CCCC3)c1O)CCC(=O)[C@@H](CCO)C(=O)[C@@H]1C2=Cc2[nH]ccc2[C@H]1C[C@]1(O)C=Cc2c(O)cccc2CC1. The van der Waals surface area contributed by atoms with Gasteiger partial charge in [-0.1, -0.05) is 61.2 Å². The second-order valence-electron chi connectivity index (χ2n) is 21.0. The van der Waals surface area contributed by atoms with Gasteiger partial charge in [-0.2, -0.15) is 0 Å². The highest BCUT2D eigenvalue weighted by atomic mass is 16.5. The number of aromatic amines is 2. The number of hydrogen-bond acceptors (Lipinski definition) is 11. The van der Waals surface area contributed by atoms with Crippen molar-refractivity contribution in [1.82, 2.24) is 15.3 Å². The monoisotopic (exact) mass is 988 g/mol. The minimum atomic E-state index is -1.46. The number of benzene rings is 3. The number of H-pyrrole nitrogens is 2. The fourth-order valence-corrected chi connectivity index (χ4v) is 12.0. The summed E-state index contributed by atoms with van der Waals surface area (Å²) in [5, 5.41) is 78.0. The van der Waals surface area contributed by atoms with Crippen molar-refractivity contribution in [2.75, 3.05) is 25.0 Å². The van der Waals surface area contributed by atoms with Crippen molar-refractivity contribution in [3.8, 4) is 29.1 Å². The first kappa shape index (κ1) is 50.1. The van der Waals surface area contributed by atoms with Crippen molar-refractivity contribution >= 4 is 29.5 Å². The Morgan fingerprint density at radius 1 is 0.890 bits per heavy atom. The molecule has 13 heteroatoms. The Bertz CT molecular complexity index is 2970. The maximum Gasteiger partial charge on any atom is 0.163 e. The predicted molar refractivity (Wildman–Crippen MR) is 280 cm³/mol. The lowest BCUT2D eigenvalue weighted by molar-refractivity contribution is -0.135. The fraction of sp³-hybridized carbons (Fsp3) is 0.433. The van der Waals surface area contributed by atoms with Crippen LogP contribution in [0.2, 0.25) is 0 Å². The van der Waals surface area contributed by atoms with Crippen LogP contribution in [0.1, 0.15) is 132 Å². The van der Waals surface area contributed by atoms with Gasteiger partial charge in [-0.3, -0.25) is 9.59 Å². The molecular weight excluding hydrogens is 921 g/mol. The number of rotatable bonds is 10. The van der Waals surface area contributed by atoms with Crippen molar-refractivity contribution < 1.29 is 45.0 Å². The molecule has 0 unspecified atom stereocenters. The van der Waals surface area contributed by atoms with Crippen molar-refractivity contribution in [3.05, 3.63) is 140 Å². The van der Waals surface area contributed by atoms with Crippen LogP contribution in [-0.2, 0) is 35.3 Å². The van der Waals surface area contributed by atoms with Gasteiger partial charge < -0.3 is 56.0 Å². The number of aryl methyl sites for hydroxylation is 2. The molecule has 5 aliphatic rings. The minimum Gasteiger partial charge on any atom is -0.507 e. The first-order valence-corrected chi connectivity index (χ1v) is 26.3. The Morgan fingerprint density at radius 2 is 1.73 bits per heavy atom. The van der Waals surface area contributed by atoms with Crippen molar-refractivity contribution in [2.45, 2.75) is 126 Å². The molecule has 5 bridgehead atoms. The number of phenols is 2. The number of phenolic OH excluding ortho intramolecular Hbond substituents is 2. The lowest BCUT2D eigenvalue weighted by Crippen LogP contribution is -2.43. The fourth-order valence-electron chi connectivity index (χ4n) is 12.0. The molecule has 3 aromatic carbocycles. The van der Waals surface area contributed by atoms with Gasteiger partial charge in [0.05, 0.1) is 29.6 Å². The average Bonchev–Trinajstić information content (AvgIpc) is 4.16. The van der Waals surface area contributed by atoms with Crippen LogP contribution in [0.15, 0.2) is 84.7 Å². The van der Waals surface area contributed by atoms with Crippen LogP contribution in [0, 0.1) is 29.6 Å². The van der Waals surface area contributed by atoms with E-state index in [1.807, 2.05) is 54.9 Å². The van der Waals surface area contributed by atoms with Gasteiger partial charge in [0.15, 0.2) is 17.3 Å². The summed E-state index contributed by atoms with van der Waals surface area (Å²) in [6, 6.07) is 17.5. The zero-order valence-electron chi connectivity index (χ0n) is 41.5. The minimum absolute atomic E-state index is 0.0779. The lowest BCUT2D eigenvalue weighted by Gasteiger charge is -2.39. The molecule has 0 radical (unpaired) electrons. The van der Waals surface area contributed by atoms with E-state index in [2.05, 4.69) is 39.4 Å². The number of nitrogens with one attached hydrogen (secondary N) is 4. The quantitative estimate of drug-likeness (QED) is 0.0371. The zero-order valence-corrected chi connectivity index (χ0v) is 41.5. The Hall–Kier alpha value is -6.40. The molecule has 1 saturated carbocycles. The smallest absolute Gasteiger partial charge is 0.163 e. The number of ketones is 2. The van der Waals surface area contributed by atoms with Crippen molar-refractivity contribution in [2.24, 2.45) is 17.8 Å². The maximum absolute atomic E-state index is 16.0. The number of anilines is 1. The highest BCUT2D eigenvalue weighted by Gasteiger charge is 2.47. The largest absolute Gasteiger partial charge is 0.507 e. The Kier molecular flexibility index (Phi) is 14.8. The second kappa shape index (κ2) is 21.6. The molecule has 0 spiro atoms. The molecule has 3 aliphatic carbocycles. The molecule has 4 heterocycles. The topological polar surface area (TPSA) is 220 Å². The first-order valence-electron chi connectivity index (χ1n) is 26.3. The summed E-state index contributed by atoms with van der Waals surface area (Å²) in [6.07, 6.45) is 12.6. The third kappa shape index (κ3) is 10.5. The van der Waals surface area contributed by atoms with Crippen LogP contribution in [0.5, 0.6) is 17.2 Å². The molecule has 1 fully saturated rings. The number of aliphatic hydroxyl groups is 4. The van der Waals surface area contributed by atoms with E-state index < -0.39 is 59.9 Å². The molecule has 0 amide bonds. The number of ether oxygens (including phenoxy) is 1. The van der Waals surface area contributed by atoms with E-state index in [0.717, 1.165) is 65.6 Å². The number of aromatic nitrogens is 2. The van der Waals surface area contributed by atoms with Gasteiger partial charge >= 0.3 is 0 Å². The third-order valence-electron chi connectivity index (χ3n) is 16.1. The number of carbonyl (C=O) groups is 2. The molecule has 73 heavy (non-hydrogen) atoms. The summed E-state index contributed by atoms with van der Waals surface area (Å²) >= 11 is 0. The van der Waals surface area contributed by atoms with Crippen molar-refractivity contribution in [1.29, 1.82) is 0 Å². The van der Waals surface area contributed by atoms with E-state index in [9.17, 15) is 35.4 Å². The summed E-state index contributed by atoms with van der Waals surface area (Å²) < 4.78 is 6.45. The van der Waals surface area contributed by atoms with Gasteiger partial charge in [-0.25, -0.2) is 0 Å². The summed E-state index contributed by atoms with van der Waals surface area (Å²) in [7, 11) is 0. The summed E-state index contributed by atoms with van der Waals surface area (Å²) in [6.45, 7) is 2.72. The first-order chi connectivity index (χ1) is 35.4. The molecular formula is C60H68N4O9. The van der Waals surface area contributed by atoms with Crippen molar-refractivity contribution in [3.63, 3.8) is 0 Å². The van der Waals surface area contributed by atoms with E-state index in [-0.39, 0.29) is 66.8 Å². The van der Waals surface area contributed by atoms with Crippen LogP contribution in [0.3, 0.4) is 0 Å². The van der Waals surface area contributed by atoms with Crippen LogP contribution in [0.4, 0.5) is 5.82 Å². The highest BCUT2D eigenvalue weighted by Crippen LogP contribution is 2.48. The molecule has 8 atom stereocenters. The van der Waals surface area contributed by atoms with E-state index in [1.54, 1.807) is 36.4 Å². The molecule has 10 rings (SSSR count). The normalized spacial score (nSPS) is 26.2. The van der Waals surface area contributed by atoms with E-state index in [1.165, 1.54) is 0 Å². The van der Waals surface area contributed by atoms with Gasteiger partial charge in [0.1, 0.15) is 29.5 Å². The molecule has 2 aliphatic heterocycles. The lowest BCUT2D eigenvalue weighted by atomic mass is 9.65. The molecule has 13 nitrogen and oxygen atoms in total. The van der Waals surface area contributed by atoms with Gasteiger partial charge in [0.25, 0.3) is 0 Å². The molecule has 5 aromatic rings. The van der Waals surface area contributed by atoms with Gasteiger partial charge in [-0.15, -0.1) is 0 Å². The summed E-state index contributed by atoms with van der Waals surface area (Å²) in [5.74, 6) is 3.45. The van der Waals surface area contributed by atoms with Crippen LogP contribution >= 0.6 is 0 Å². The maximum atomic E-state index is 16.0. The molecule has 382 valence electrons. The molecule has 2 aromatic heterocycles. The number of Topliss-reactive ketones (excluding diaryl/α,β-unsaturated/α-hetero) is 2. The highest BCUT2D eigenvalue weighted by molar-refractivity contribution is 6.05. The molecule has 10 N–H and O–H groups in total. The number of carbonyl (C=O) groups excluding carboxylic acids is 2. The zero-order chi connectivity index (χ0) is 50.8. The second-order valence-corrected chi connectivity index (χ2v) is 21.0. The third-order valence-corrected chi connectivity index (χ3v) is 16.1. The van der Waals surface area contributed by atoms with Gasteiger partial charge in [0, 0.05) is 67.0 Å².